The van der Waals surface area contributed by atoms with Crippen LogP contribution in [-0.2, 0) is 16.4 Å². The lowest BCUT2D eigenvalue weighted by atomic mass is 9.88. The van der Waals surface area contributed by atoms with Crippen molar-refractivity contribution in [2.45, 2.75) is 30.2 Å². The van der Waals surface area contributed by atoms with Crippen LogP contribution < -0.4 is 10.5 Å². The number of nitro groups is 1. The van der Waals surface area contributed by atoms with E-state index in [0.29, 0.717) is 12.1 Å². The Morgan fingerprint density at radius 1 is 1.27 bits per heavy atom. The van der Waals surface area contributed by atoms with Gasteiger partial charge in [-0.15, -0.1) is 12.4 Å². The SMILES string of the molecule is Cl.Nc1ccc2c(c1)CCCC2NS(=O)(=O)c1c(F)cccc1[N+](=O)[O-]. The van der Waals surface area contributed by atoms with Crippen LogP contribution in [0, 0.1) is 15.9 Å². The van der Waals surface area contributed by atoms with Gasteiger partial charge in [-0.1, -0.05) is 12.1 Å². The fraction of sp³-hybridized carbons (Fsp3) is 0.250. The van der Waals surface area contributed by atoms with Gasteiger partial charge in [-0.2, -0.15) is 0 Å². The number of sulfonamides is 1. The summed E-state index contributed by atoms with van der Waals surface area (Å²) in [6.45, 7) is 0. The van der Waals surface area contributed by atoms with Crippen LogP contribution in [0.3, 0.4) is 0 Å². The van der Waals surface area contributed by atoms with Gasteiger partial charge in [0.15, 0.2) is 4.90 Å². The third-order valence-corrected chi connectivity index (χ3v) is 5.73. The summed E-state index contributed by atoms with van der Waals surface area (Å²) in [5, 5.41) is 11.1. The van der Waals surface area contributed by atoms with Crippen molar-refractivity contribution in [3.05, 3.63) is 63.5 Å². The van der Waals surface area contributed by atoms with Crippen LogP contribution in [0.1, 0.15) is 30.0 Å². The summed E-state index contributed by atoms with van der Waals surface area (Å²) in [5.41, 5.74) is 7.21. The van der Waals surface area contributed by atoms with Gasteiger partial charge in [0.2, 0.25) is 0 Å². The maximum atomic E-state index is 14.1. The number of hydrogen-bond acceptors (Lipinski definition) is 5. The lowest BCUT2D eigenvalue weighted by Crippen LogP contribution is -2.32. The van der Waals surface area contributed by atoms with Gasteiger partial charge in [0.25, 0.3) is 15.7 Å². The zero-order valence-corrected chi connectivity index (χ0v) is 15.1. The summed E-state index contributed by atoms with van der Waals surface area (Å²) in [7, 11) is -4.42. The molecule has 140 valence electrons. The van der Waals surface area contributed by atoms with Crippen LogP contribution >= 0.6 is 12.4 Å². The molecule has 0 fully saturated rings. The summed E-state index contributed by atoms with van der Waals surface area (Å²) >= 11 is 0. The number of nitrogen functional groups attached to an aromatic ring is 1. The number of nitrogens with two attached hydrogens (primary N) is 1. The number of nitrogens with zero attached hydrogens (tertiary/aromatic N) is 1. The molecule has 1 aliphatic carbocycles. The topological polar surface area (TPSA) is 115 Å². The predicted molar refractivity (Wildman–Crippen MR) is 97.2 cm³/mol. The number of nitro benzene ring substituents is 1. The highest BCUT2D eigenvalue weighted by Crippen LogP contribution is 2.34. The first-order valence-electron chi connectivity index (χ1n) is 7.63. The zero-order valence-electron chi connectivity index (χ0n) is 13.5. The van der Waals surface area contributed by atoms with Crippen LogP contribution in [0.15, 0.2) is 41.3 Å². The first kappa shape index (κ1) is 20.1. The molecule has 3 rings (SSSR count). The van der Waals surface area contributed by atoms with Crippen LogP contribution in [0.2, 0.25) is 0 Å². The van der Waals surface area contributed by atoms with E-state index in [1.807, 2.05) is 0 Å². The van der Waals surface area contributed by atoms with Gasteiger partial charge in [0.1, 0.15) is 5.82 Å². The van der Waals surface area contributed by atoms with Gasteiger partial charge in [0, 0.05) is 17.8 Å². The fourth-order valence-electron chi connectivity index (χ4n) is 3.11. The standard InChI is InChI=1S/C16H16FN3O4S.ClH/c17-13-4-2-6-15(20(21)22)16(13)25(23,24)19-14-5-1-3-10-9-11(18)7-8-12(10)14;/h2,4,6-9,14,19H,1,3,5,18H2;1H. The van der Waals surface area contributed by atoms with E-state index in [4.69, 9.17) is 5.73 Å². The van der Waals surface area contributed by atoms with Crippen LogP contribution in [-0.4, -0.2) is 13.3 Å². The first-order chi connectivity index (χ1) is 11.8. The molecule has 1 atom stereocenters. The van der Waals surface area contributed by atoms with E-state index in [2.05, 4.69) is 4.72 Å². The third-order valence-electron chi connectivity index (χ3n) is 4.19. The normalized spacial score (nSPS) is 16.4. The first-order valence-corrected chi connectivity index (χ1v) is 9.11. The van der Waals surface area contributed by atoms with Crippen molar-refractivity contribution in [2.75, 3.05) is 5.73 Å². The molecule has 0 heterocycles. The molecule has 0 aromatic heterocycles. The quantitative estimate of drug-likeness (QED) is 0.464. The summed E-state index contributed by atoms with van der Waals surface area (Å²) in [5.74, 6) is -1.16. The molecule has 0 bridgehead atoms. The number of benzene rings is 2. The van der Waals surface area contributed by atoms with E-state index in [1.165, 1.54) is 0 Å². The number of aryl methyl sites for hydroxylation is 1. The molecule has 1 unspecified atom stereocenters. The second kappa shape index (κ2) is 7.56. The number of rotatable bonds is 4. The molecule has 26 heavy (non-hydrogen) atoms. The number of fused-ring (bicyclic) bond motifs is 1. The highest BCUT2D eigenvalue weighted by molar-refractivity contribution is 7.89. The molecule has 2 aromatic rings. The van der Waals surface area contributed by atoms with E-state index in [-0.39, 0.29) is 12.4 Å². The Kier molecular flexibility index (Phi) is 5.84. The average Bonchev–Trinajstić information content (AvgIpc) is 2.53. The average molecular weight is 402 g/mol. The Balaban J connectivity index is 0.00000243. The second-order valence-electron chi connectivity index (χ2n) is 5.87. The largest absolute Gasteiger partial charge is 0.399 e. The van der Waals surface area contributed by atoms with Gasteiger partial charge < -0.3 is 5.73 Å². The van der Waals surface area contributed by atoms with Gasteiger partial charge in [-0.3, -0.25) is 10.1 Å². The van der Waals surface area contributed by atoms with Crippen molar-refractivity contribution in [1.29, 1.82) is 0 Å². The number of anilines is 1. The van der Waals surface area contributed by atoms with Crippen molar-refractivity contribution >= 4 is 33.8 Å². The van der Waals surface area contributed by atoms with Crippen molar-refractivity contribution in [2.24, 2.45) is 0 Å². The third kappa shape index (κ3) is 3.79. The molecule has 0 spiro atoms. The van der Waals surface area contributed by atoms with Crippen molar-refractivity contribution in [1.82, 2.24) is 4.72 Å². The van der Waals surface area contributed by atoms with Gasteiger partial charge >= 0.3 is 0 Å². The molecular weight excluding hydrogens is 385 g/mol. The monoisotopic (exact) mass is 401 g/mol. The van der Waals surface area contributed by atoms with Crippen LogP contribution in [0.4, 0.5) is 15.8 Å². The lowest BCUT2D eigenvalue weighted by molar-refractivity contribution is -0.388. The Morgan fingerprint density at radius 2 is 2.00 bits per heavy atom. The number of halogens is 2. The van der Waals surface area contributed by atoms with Crippen molar-refractivity contribution in [3.63, 3.8) is 0 Å². The molecule has 7 nitrogen and oxygen atoms in total. The molecule has 0 radical (unpaired) electrons. The number of nitrogens with one attached hydrogen (secondary N) is 1. The van der Waals surface area contributed by atoms with Gasteiger partial charge in [-0.25, -0.2) is 17.5 Å². The fourth-order valence-corrected chi connectivity index (χ4v) is 4.59. The molecule has 1 aliphatic rings. The molecule has 2 aromatic carbocycles. The minimum absolute atomic E-state index is 0. The summed E-state index contributed by atoms with van der Waals surface area (Å²) in [6.07, 6.45) is 2.00. The van der Waals surface area contributed by atoms with Crippen LogP contribution in [0.25, 0.3) is 0 Å². The maximum Gasteiger partial charge on any atom is 0.292 e. The van der Waals surface area contributed by atoms with Crippen LogP contribution in [0.5, 0.6) is 0 Å². The van der Waals surface area contributed by atoms with Gasteiger partial charge in [0.05, 0.1) is 4.92 Å². The Morgan fingerprint density at radius 3 is 2.69 bits per heavy atom. The smallest absolute Gasteiger partial charge is 0.292 e. The minimum atomic E-state index is -4.42. The van der Waals surface area contributed by atoms with E-state index in [1.54, 1.807) is 18.2 Å². The molecule has 0 saturated carbocycles. The zero-order chi connectivity index (χ0) is 18.2. The summed E-state index contributed by atoms with van der Waals surface area (Å²) in [4.78, 5) is 9.23. The van der Waals surface area contributed by atoms with E-state index in [0.717, 1.165) is 42.2 Å². The van der Waals surface area contributed by atoms with Crippen molar-refractivity contribution < 1.29 is 17.7 Å². The highest BCUT2D eigenvalue weighted by atomic mass is 35.5. The molecule has 0 aliphatic heterocycles. The minimum Gasteiger partial charge on any atom is -0.399 e. The van der Waals surface area contributed by atoms with Gasteiger partial charge in [-0.05, 0) is 48.6 Å². The molecule has 3 N–H and O–H groups in total. The maximum absolute atomic E-state index is 14.1. The summed E-state index contributed by atoms with van der Waals surface area (Å²) in [6, 6.07) is 7.54. The Labute approximate surface area is 156 Å². The highest BCUT2D eigenvalue weighted by Gasteiger charge is 2.33. The molecular formula is C16H17ClFN3O4S. The lowest BCUT2D eigenvalue weighted by Gasteiger charge is -2.26. The number of hydrogen-bond donors (Lipinski definition) is 2. The van der Waals surface area contributed by atoms with E-state index >= 15 is 0 Å². The molecule has 0 saturated heterocycles. The Hall–Kier alpha value is -2.23. The van der Waals surface area contributed by atoms with E-state index in [9.17, 15) is 22.9 Å². The molecule has 10 heteroatoms. The van der Waals surface area contributed by atoms with E-state index < -0.39 is 37.4 Å². The second-order valence-corrected chi connectivity index (χ2v) is 7.52. The predicted octanol–water partition coefficient (Wildman–Crippen LogP) is 3.09. The Bertz CT molecular complexity index is 953. The summed E-state index contributed by atoms with van der Waals surface area (Å²) < 4.78 is 41.8. The molecule has 0 amide bonds. The van der Waals surface area contributed by atoms with Crippen molar-refractivity contribution in [3.8, 4) is 0 Å².